The smallest absolute Gasteiger partial charge is 0.269 e. The molecule has 1 aromatic carbocycles. The number of benzene rings is 1. The van der Waals surface area contributed by atoms with Crippen LogP contribution in [0.15, 0.2) is 24.3 Å². The summed E-state index contributed by atoms with van der Waals surface area (Å²) in [5, 5.41) is 13.5. The lowest BCUT2D eigenvalue weighted by molar-refractivity contribution is -0.384. The van der Waals surface area contributed by atoms with Gasteiger partial charge < -0.3 is 5.32 Å². The van der Waals surface area contributed by atoms with Gasteiger partial charge in [0.1, 0.15) is 0 Å². The first-order valence-electron chi connectivity index (χ1n) is 8.63. The summed E-state index contributed by atoms with van der Waals surface area (Å²) in [5.74, 6) is -0.0261. The van der Waals surface area contributed by atoms with Crippen molar-refractivity contribution in [3.63, 3.8) is 0 Å². The van der Waals surface area contributed by atoms with Crippen molar-refractivity contribution in [3.05, 3.63) is 39.9 Å². The molecule has 0 unspecified atom stereocenters. The fraction of sp³-hybridized carbons (Fsp3) is 0.611. The molecule has 0 aliphatic carbocycles. The standard InChI is InChI=1S/C18H28N2O3/c1-2-3-4-5-6-7-8-9-14-19-18(21)15-16-10-12-17(13-11-16)20(22)23/h10-13H,2-9,14-15H2,1H3,(H,19,21). The van der Waals surface area contributed by atoms with Crippen LogP contribution >= 0.6 is 0 Å². The summed E-state index contributed by atoms with van der Waals surface area (Å²) in [7, 11) is 0. The van der Waals surface area contributed by atoms with Gasteiger partial charge in [-0.2, -0.15) is 0 Å². The summed E-state index contributed by atoms with van der Waals surface area (Å²) in [4.78, 5) is 21.9. The van der Waals surface area contributed by atoms with E-state index in [4.69, 9.17) is 0 Å². The minimum atomic E-state index is -0.438. The normalized spacial score (nSPS) is 10.5. The van der Waals surface area contributed by atoms with Gasteiger partial charge in [0.05, 0.1) is 11.3 Å². The average Bonchev–Trinajstić information content (AvgIpc) is 2.54. The van der Waals surface area contributed by atoms with Gasteiger partial charge in [-0.1, -0.05) is 64.0 Å². The van der Waals surface area contributed by atoms with Crippen LogP contribution in [0.25, 0.3) is 0 Å². The van der Waals surface area contributed by atoms with Crippen LogP contribution in [-0.4, -0.2) is 17.4 Å². The zero-order valence-corrected chi connectivity index (χ0v) is 14.1. The maximum Gasteiger partial charge on any atom is 0.269 e. The molecule has 0 fully saturated rings. The van der Waals surface area contributed by atoms with Crippen molar-refractivity contribution >= 4 is 11.6 Å². The molecule has 5 heteroatoms. The summed E-state index contributed by atoms with van der Waals surface area (Å²) in [6, 6.07) is 6.13. The topological polar surface area (TPSA) is 72.2 Å². The van der Waals surface area contributed by atoms with Crippen molar-refractivity contribution in [3.8, 4) is 0 Å². The van der Waals surface area contributed by atoms with Crippen molar-refractivity contribution in [2.24, 2.45) is 0 Å². The summed E-state index contributed by atoms with van der Waals surface area (Å²) in [5.41, 5.74) is 0.845. The number of carbonyl (C=O) groups is 1. The van der Waals surface area contributed by atoms with Crippen LogP contribution in [0.2, 0.25) is 0 Å². The molecular weight excluding hydrogens is 292 g/mol. The Morgan fingerprint density at radius 3 is 2.13 bits per heavy atom. The summed E-state index contributed by atoms with van der Waals surface area (Å²) in [6.07, 6.45) is 10.2. The molecule has 1 amide bonds. The molecule has 1 rings (SSSR count). The van der Waals surface area contributed by atoms with Gasteiger partial charge in [-0.05, 0) is 12.0 Å². The highest BCUT2D eigenvalue weighted by atomic mass is 16.6. The monoisotopic (exact) mass is 320 g/mol. The quantitative estimate of drug-likeness (QED) is 0.352. The third-order valence-electron chi connectivity index (χ3n) is 3.86. The first-order chi connectivity index (χ1) is 11.1. The van der Waals surface area contributed by atoms with Crippen molar-refractivity contribution in [2.75, 3.05) is 6.54 Å². The molecule has 0 saturated carbocycles. The van der Waals surface area contributed by atoms with E-state index in [0.717, 1.165) is 18.4 Å². The number of nitrogens with one attached hydrogen (secondary N) is 1. The minimum Gasteiger partial charge on any atom is -0.356 e. The number of nitro groups is 1. The number of amides is 1. The molecule has 0 bridgehead atoms. The van der Waals surface area contributed by atoms with Gasteiger partial charge in [-0.25, -0.2) is 0 Å². The molecule has 0 aromatic heterocycles. The zero-order valence-electron chi connectivity index (χ0n) is 14.1. The third-order valence-corrected chi connectivity index (χ3v) is 3.86. The van der Waals surface area contributed by atoms with Crippen LogP contribution in [0.3, 0.4) is 0 Å². The van der Waals surface area contributed by atoms with Crippen LogP contribution in [0.5, 0.6) is 0 Å². The second-order valence-corrected chi connectivity index (χ2v) is 5.93. The Hall–Kier alpha value is -1.91. The molecule has 1 N–H and O–H groups in total. The second-order valence-electron chi connectivity index (χ2n) is 5.93. The van der Waals surface area contributed by atoms with Crippen molar-refractivity contribution in [2.45, 2.75) is 64.7 Å². The Balaban J connectivity index is 2.07. The number of carbonyl (C=O) groups excluding carboxylic acids is 1. The van der Waals surface area contributed by atoms with Gasteiger partial charge in [-0.3, -0.25) is 14.9 Å². The van der Waals surface area contributed by atoms with Crippen LogP contribution < -0.4 is 5.32 Å². The molecule has 0 atom stereocenters. The molecule has 5 nitrogen and oxygen atoms in total. The lowest BCUT2D eigenvalue weighted by Crippen LogP contribution is -2.26. The van der Waals surface area contributed by atoms with Crippen molar-refractivity contribution in [1.29, 1.82) is 0 Å². The highest BCUT2D eigenvalue weighted by molar-refractivity contribution is 5.78. The Kier molecular flexibility index (Phi) is 9.68. The van der Waals surface area contributed by atoms with Gasteiger partial charge in [0.25, 0.3) is 5.69 Å². The predicted molar refractivity (Wildman–Crippen MR) is 92.4 cm³/mol. The van der Waals surface area contributed by atoms with Crippen LogP contribution in [0.4, 0.5) is 5.69 Å². The number of hydrogen-bond donors (Lipinski definition) is 1. The summed E-state index contributed by atoms with van der Waals surface area (Å²) < 4.78 is 0. The van der Waals surface area contributed by atoms with Gasteiger partial charge in [0.15, 0.2) is 0 Å². The molecule has 0 spiro atoms. The molecule has 128 valence electrons. The van der Waals surface area contributed by atoms with Crippen molar-refractivity contribution in [1.82, 2.24) is 5.32 Å². The Morgan fingerprint density at radius 1 is 1.00 bits per heavy atom. The molecule has 0 radical (unpaired) electrons. The van der Waals surface area contributed by atoms with Gasteiger partial charge in [0, 0.05) is 18.7 Å². The first-order valence-corrected chi connectivity index (χ1v) is 8.63. The average molecular weight is 320 g/mol. The Morgan fingerprint density at radius 2 is 1.57 bits per heavy atom. The molecule has 0 saturated heterocycles. The second kappa shape index (κ2) is 11.6. The molecule has 0 heterocycles. The molecular formula is C18H28N2O3. The number of nitrogens with zero attached hydrogens (tertiary/aromatic N) is 1. The predicted octanol–water partition coefficient (Wildman–Crippen LogP) is 4.39. The lowest BCUT2D eigenvalue weighted by atomic mass is 10.1. The van der Waals surface area contributed by atoms with Crippen LogP contribution in [0.1, 0.15) is 63.9 Å². The third kappa shape index (κ3) is 8.96. The minimum absolute atomic E-state index is 0.0261. The Labute approximate surface area is 138 Å². The van der Waals surface area contributed by atoms with Crippen molar-refractivity contribution < 1.29 is 9.72 Å². The highest BCUT2D eigenvalue weighted by Gasteiger charge is 2.06. The van der Waals surface area contributed by atoms with E-state index in [-0.39, 0.29) is 18.0 Å². The maximum atomic E-state index is 11.8. The van der Waals surface area contributed by atoms with E-state index in [2.05, 4.69) is 12.2 Å². The maximum absolute atomic E-state index is 11.8. The van der Waals surface area contributed by atoms with E-state index < -0.39 is 4.92 Å². The zero-order chi connectivity index (χ0) is 16.9. The molecule has 0 aliphatic rings. The SMILES string of the molecule is CCCCCCCCCCNC(=O)Cc1ccc([N+](=O)[O-])cc1. The van der Waals surface area contributed by atoms with Gasteiger partial charge in [-0.15, -0.1) is 0 Å². The molecule has 1 aromatic rings. The Bertz CT molecular complexity index is 472. The number of unbranched alkanes of at least 4 members (excludes halogenated alkanes) is 7. The van der Waals surface area contributed by atoms with E-state index >= 15 is 0 Å². The number of nitro benzene ring substituents is 1. The summed E-state index contributed by atoms with van der Waals surface area (Å²) >= 11 is 0. The van der Waals surface area contributed by atoms with E-state index in [1.54, 1.807) is 12.1 Å². The first kappa shape index (κ1) is 19.1. The fourth-order valence-corrected chi connectivity index (χ4v) is 2.47. The largest absolute Gasteiger partial charge is 0.356 e. The lowest BCUT2D eigenvalue weighted by Gasteiger charge is -2.05. The van der Waals surface area contributed by atoms with E-state index in [1.807, 2.05) is 0 Å². The van der Waals surface area contributed by atoms with E-state index in [0.29, 0.717) is 6.54 Å². The van der Waals surface area contributed by atoms with Crippen LogP contribution in [-0.2, 0) is 11.2 Å². The molecule has 23 heavy (non-hydrogen) atoms. The van der Waals surface area contributed by atoms with E-state index in [1.165, 1.54) is 50.7 Å². The highest BCUT2D eigenvalue weighted by Crippen LogP contribution is 2.12. The fourth-order valence-electron chi connectivity index (χ4n) is 2.47. The van der Waals surface area contributed by atoms with Gasteiger partial charge >= 0.3 is 0 Å². The van der Waals surface area contributed by atoms with E-state index in [9.17, 15) is 14.9 Å². The number of rotatable bonds is 12. The van der Waals surface area contributed by atoms with Gasteiger partial charge in [0.2, 0.25) is 5.91 Å². The number of non-ortho nitro benzene ring substituents is 1. The number of hydrogen-bond acceptors (Lipinski definition) is 3. The van der Waals surface area contributed by atoms with Crippen LogP contribution in [0, 0.1) is 10.1 Å². The summed E-state index contributed by atoms with van der Waals surface area (Å²) in [6.45, 7) is 2.93. The molecule has 0 aliphatic heterocycles.